The van der Waals surface area contributed by atoms with Crippen molar-refractivity contribution in [2.45, 2.75) is 38.4 Å². The second-order valence-corrected chi connectivity index (χ2v) is 5.16. The van der Waals surface area contributed by atoms with Gasteiger partial charge in [0.05, 0.1) is 0 Å². The van der Waals surface area contributed by atoms with Crippen LogP contribution in [0.15, 0.2) is 16.9 Å². The lowest BCUT2D eigenvalue weighted by Crippen LogP contribution is -2.35. The van der Waals surface area contributed by atoms with Gasteiger partial charge in [0.1, 0.15) is 12.2 Å². The number of nitrogens with zero attached hydrogens (tertiary/aromatic N) is 1. The Kier molecular flexibility index (Phi) is 2.91. The maximum atomic E-state index is 12.1. The van der Waals surface area contributed by atoms with Gasteiger partial charge in [-0.1, -0.05) is 0 Å². The Labute approximate surface area is 103 Å². The summed E-state index contributed by atoms with van der Waals surface area (Å²) in [5, 5.41) is 2.16. The number of hydrogen-bond acceptors (Lipinski definition) is 2. The van der Waals surface area contributed by atoms with Crippen LogP contribution in [0.1, 0.15) is 26.0 Å². The summed E-state index contributed by atoms with van der Waals surface area (Å²) in [6, 6.07) is 3.15. The predicted octanol–water partition coefficient (Wildman–Crippen LogP) is 2.50. The summed E-state index contributed by atoms with van der Waals surface area (Å²) < 4.78 is 38.0. The molecule has 0 unspecified atom stereocenters. The number of halogens is 3. The minimum atomic E-state index is -4.33. The molecule has 0 saturated carbocycles. The molecule has 2 heterocycles. The highest BCUT2D eigenvalue weighted by Gasteiger charge is 2.32. The highest BCUT2D eigenvalue weighted by atomic mass is 19.4. The zero-order valence-corrected chi connectivity index (χ0v) is 10.3. The third-order valence-corrected chi connectivity index (χ3v) is 3.24. The summed E-state index contributed by atoms with van der Waals surface area (Å²) in [6.07, 6.45) is -2.72. The summed E-state index contributed by atoms with van der Waals surface area (Å²) in [5.74, 6) is 0. The topological polar surface area (TPSA) is 34.0 Å². The number of aryl methyl sites for hydroxylation is 1. The van der Waals surface area contributed by atoms with Gasteiger partial charge < -0.3 is 9.88 Å². The monoisotopic (exact) mass is 260 g/mol. The maximum Gasteiger partial charge on any atom is 0.405 e. The summed E-state index contributed by atoms with van der Waals surface area (Å²) in [5.41, 5.74) is 0.176. The van der Waals surface area contributed by atoms with E-state index in [0.717, 1.165) is 18.5 Å². The molecule has 100 valence electrons. The van der Waals surface area contributed by atoms with Crippen LogP contribution < -0.4 is 10.9 Å². The van der Waals surface area contributed by atoms with Crippen molar-refractivity contribution in [2.75, 3.05) is 11.9 Å². The fraction of sp³-hybridized carbons (Fsp3) is 0.583. The molecule has 0 radical (unpaired) electrons. The van der Waals surface area contributed by atoms with Crippen LogP contribution in [0.3, 0.4) is 0 Å². The molecule has 0 saturated heterocycles. The Morgan fingerprint density at radius 2 is 2.06 bits per heavy atom. The van der Waals surface area contributed by atoms with Crippen molar-refractivity contribution in [3.05, 3.63) is 28.2 Å². The zero-order chi connectivity index (χ0) is 13.6. The normalized spacial score (nSPS) is 17.6. The highest BCUT2D eigenvalue weighted by molar-refractivity contribution is 5.43. The number of hydrogen-bond donors (Lipinski definition) is 1. The van der Waals surface area contributed by atoms with Crippen LogP contribution in [0.25, 0.3) is 0 Å². The molecule has 1 aromatic rings. The standard InChI is InChI=1S/C12H15F3N2O/c1-11(2)6-5-8-3-4-9(10(18)17(8)11)16-7-12(13,14)15/h3-4,16H,5-7H2,1-2H3. The summed E-state index contributed by atoms with van der Waals surface area (Å²) in [4.78, 5) is 12.1. The first-order valence-corrected chi connectivity index (χ1v) is 5.77. The fourth-order valence-corrected chi connectivity index (χ4v) is 2.31. The van der Waals surface area contributed by atoms with E-state index in [-0.39, 0.29) is 16.8 Å². The molecule has 1 aromatic heterocycles. The number of pyridine rings is 1. The quantitative estimate of drug-likeness (QED) is 0.886. The Bertz CT molecular complexity index is 517. The maximum absolute atomic E-state index is 12.1. The second-order valence-electron chi connectivity index (χ2n) is 5.16. The number of anilines is 1. The molecule has 18 heavy (non-hydrogen) atoms. The Morgan fingerprint density at radius 1 is 1.39 bits per heavy atom. The van der Waals surface area contributed by atoms with Gasteiger partial charge in [-0.3, -0.25) is 4.79 Å². The van der Waals surface area contributed by atoms with Gasteiger partial charge in [0.25, 0.3) is 5.56 Å². The highest BCUT2D eigenvalue weighted by Crippen LogP contribution is 2.29. The van der Waals surface area contributed by atoms with Crippen LogP contribution in [0.5, 0.6) is 0 Å². The van der Waals surface area contributed by atoms with Crippen molar-refractivity contribution in [1.82, 2.24) is 4.57 Å². The molecule has 1 N–H and O–H groups in total. The molecule has 0 atom stereocenters. The first-order chi connectivity index (χ1) is 8.21. The van der Waals surface area contributed by atoms with E-state index in [1.807, 2.05) is 13.8 Å². The van der Waals surface area contributed by atoms with E-state index in [9.17, 15) is 18.0 Å². The first kappa shape index (κ1) is 13.0. The van der Waals surface area contributed by atoms with E-state index in [1.165, 1.54) is 6.07 Å². The molecular weight excluding hydrogens is 245 g/mol. The number of fused-ring (bicyclic) bond motifs is 1. The van der Waals surface area contributed by atoms with Gasteiger partial charge in [-0.2, -0.15) is 13.2 Å². The van der Waals surface area contributed by atoms with E-state index in [0.29, 0.717) is 0 Å². The first-order valence-electron chi connectivity index (χ1n) is 5.77. The SMILES string of the molecule is CC1(C)CCc2ccc(NCC(F)(F)F)c(=O)n21. The van der Waals surface area contributed by atoms with Crippen molar-refractivity contribution in [3.8, 4) is 0 Å². The molecule has 0 fully saturated rings. The molecule has 0 aromatic carbocycles. The van der Waals surface area contributed by atoms with Crippen molar-refractivity contribution >= 4 is 5.69 Å². The van der Waals surface area contributed by atoms with Gasteiger partial charge in [-0.15, -0.1) is 0 Å². The molecule has 2 rings (SSSR count). The summed E-state index contributed by atoms with van der Waals surface area (Å²) >= 11 is 0. The Balaban J connectivity index is 2.34. The summed E-state index contributed by atoms with van der Waals surface area (Å²) in [6.45, 7) is 2.64. The molecular formula is C12H15F3N2O. The van der Waals surface area contributed by atoms with E-state index in [4.69, 9.17) is 0 Å². The van der Waals surface area contributed by atoms with Gasteiger partial charge >= 0.3 is 6.18 Å². The van der Waals surface area contributed by atoms with Crippen LogP contribution in [-0.4, -0.2) is 17.3 Å². The molecule has 3 nitrogen and oxygen atoms in total. The van der Waals surface area contributed by atoms with E-state index >= 15 is 0 Å². The Hall–Kier alpha value is -1.46. The number of alkyl halides is 3. The molecule has 0 aliphatic carbocycles. The molecule has 1 aliphatic heterocycles. The molecule has 0 bridgehead atoms. The third kappa shape index (κ3) is 2.37. The predicted molar refractivity (Wildman–Crippen MR) is 62.9 cm³/mol. The minimum Gasteiger partial charge on any atom is -0.372 e. The van der Waals surface area contributed by atoms with E-state index < -0.39 is 12.7 Å². The largest absolute Gasteiger partial charge is 0.405 e. The number of rotatable bonds is 2. The van der Waals surface area contributed by atoms with E-state index in [1.54, 1.807) is 10.6 Å². The average molecular weight is 260 g/mol. The van der Waals surface area contributed by atoms with Crippen molar-refractivity contribution in [2.24, 2.45) is 0 Å². The summed E-state index contributed by atoms with van der Waals surface area (Å²) in [7, 11) is 0. The van der Waals surface area contributed by atoms with Crippen LogP contribution in [-0.2, 0) is 12.0 Å². The second kappa shape index (κ2) is 4.03. The van der Waals surface area contributed by atoms with Crippen molar-refractivity contribution < 1.29 is 13.2 Å². The van der Waals surface area contributed by atoms with Crippen LogP contribution in [0.4, 0.5) is 18.9 Å². The van der Waals surface area contributed by atoms with Gasteiger partial charge in [0, 0.05) is 11.2 Å². The number of aromatic nitrogens is 1. The number of nitrogens with one attached hydrogen (secondary N) is 1. The molecule has 1 aliphatic rings. The van der Waals surface area contributed by atoms with Crippen LogP contribution in [0, 0.1) is 0 Å². The smallest absolute Gasteiger partial charge is 0.372 e. The van der Waals surface area contributed by atoms with Gasteiger partial charge in [0.15, 0.2) is 0 Å². The van der Waals surface area contributed by atoms with Crippen molar-refractivity contribution in [1.29, 1.82) is 0 Å². The third-order valence-electron chi connectivity index (χ3n) is 3.24. The zero-order valence-electron chi connectivity index (χ0n) is 10.3. The van der Waals surface area contributed by atoms with Crippen molar-refractivity contribution in [3.63, 3.8) is 0 Å². The van der Waals surface area contributed by atoms with Gasteiger partial charge in [-0.05, 0) is 38.8 Å². The van der Waals surface area contributed by atoms with E-state index in [2.05, 4.69) is 5.32 Å². The Morgan fingerprint density at radius 3 is 2.67 bits per heavy atom. The average Bonchev–Trinajstić information content (AvgIpc) is 2.53. The van der Waals surface area contributed by atoms with Crippen LogP contribution in [0.2, 0.25) is 0 Å². The molecule has 0 spiro atoms. The fourth-order valence-electron chi connectivity index (χ4n) is 2.31. The molecule has 0 amide bonds. The molecule has 6 heteroatoms. The van der Waals surface area contributed by atoms with Gasteiger partial charge in [-0.25, -0.2) is 0 Å². The van der Waals surface area contributed by atoms with Gasteiger partial charge in [0.2, 0.25) is 0 Å². The lowest BCUT2D eigenvalue weighted by atomic mass is 10.0. The minimum absolute atomic E-state index is 0.00560. The van der Waals surface area contributed by atoms with Crippen LogP contribution >= 0.6 is 0 Å². The lowest BCUT2D eigenvalue weighted by molar-refractivity contribution is -0.115. The lowest BCUT2D eigenvalue weighted by Gasteiger charge is -2.22.